The second-order valence-corrected chi connectivity index (χ2v) is 14.5. The summed E-state index contributed by atoms with van der Waals surface area (Å²) in [4.78, 5) is 27.4. The van der Waals surface area contributed by atoms with Crippen LogP contribution in [0.4, 0.5) is 0 Å². The summed E-state index contributed by atoms with van der Waals surface area (Å²) in [5.74, 6) is 0.558. The van der Waals surface area contributed by atoms with E-state index < -0.39 is 8.32 Å². The van der Waals surface area contributed by atoms with Crippen LogP contribution < -0.4 is 4.43 Å². The van der Waals surface area contributed by atoms with Gasteiger partial charge in [-0.05, 0) is 57.3 Å². The van der Waals surface area contributed by atoms with Crippen molar-refractivity contribution in [2.75, 3.05) is 0 Å². The third kappa shape index (κ3) is 4.55. The Morgan fingerprint density at radius 3 is 2.10 bits per heavy atom. The third-order valence-corrected chi connectivity index (χ3v) is 10.2. The molecule has 2 aromatic rings. The summed E-state index contributed by atoms with van der Waals surface area (Å²) in [5.41, 5.74) is 0.842. The summed E-state index contributed by atoms with van der Waals surface area (Å²) in [6.45, 7) is 18.9. The number of carbonyl (C=O) groups excluding carboxylic acids is 2. The van der Waals surface area contributed by atoms with E-state index in [4.69, 9.17) is 4.43 Å². The molecule has 0 saturated heterocycles. The van der Waals surface area contributed by atoms with Gasteiger partial charge in [-0.2, -0.15) is 0 Å². The highest BCUT2D eigenvalue weighted by atomic mass is 28.4. The van der Waals surface area contributed by atoms with E-state index in [-0.39, 0.29) is 23.0 Å². The quantitative estimate of drug-likeness (QED) is 0.413. The van der Waals surface area contributed by atoms with Crippen molar-refractivity contribution in [1.82, 2.24) is 4.90 Å². The van der Waals surface area contributed by atoms with Gasteiger partial charge in [0.1, 0.15) is 5.75 Å². The van der Waals surface area contributed by atoms with Crippen LogP contribution in [-0.4, -0.2) is 37.5 Å². The highest BCUT2D eigenvalue weighted by Crippen LogP contribution is 2.40. The van der Waals surface area contributed by atoms with E-state index in [0.29, 0.717) is 16.9 Å². The lowest BCUT2D eigenvalue weighted by atomic mass is 9.96. The molecular weight excluding hydrogens is 378 g/mol. The van der Waals surface area contributed by atoms with Gasteiger partial charge < -0.3 is 9.33 Å². The topological polar surface area (TPSA) is 46.6 Å². The molecule has 0 saturated carbocycles. The number of rotatable bonds is 6. The van der Waals surface area contributed by atoms with Gasteiger partial charge in [-0.3, -0.25) is 9.59 Å². The molecule has 0 aromatic heterocycles. The smallest absolute Gasteiger partial charge is 0.255 e. The zero-order valence-electron chi connectivity index (χ0n) is 19.3. The van der Waals surface area contributed by atoms with Crippen molar-refractivity contribution in [2.45, 2.75) is 78.7 Å². The van der Waals surface area contributed by atoms with Crippen molar-refractivity contribution < 1.29 is 14.0 Å². The van der Waals surface area contributed by atoms with Crippen LogP contribution in [0, 0.1) is 0 Å². The molecule has 0 atom stereocenters. The predicted octanol–water partition coefficient (Wildman–Crippen LogP) is 6.30. The van der Waals surface area contributed by atoms with E-state index in [9.17, 15) is 9.59 Å². The van der Waals surface area contributed by atoms with Gasteiger partial charge in [-0.15, -0.1) is 0 Å². The Morgan fingerprint density at radius 1 is 1.03 bits per heavy atom. The molecule has 0 unspecified atom stereocenters. The molecule has 0 bridgehead atoms. The molecule has 2 rings (SSSR count). The van der Waals surface area contributed by atoms with E-state index in [1.165, 1.54) is 0 Å². The fourth-order valence-corrected chi connectivity index (χ4v) is 4.42. The van der Waals surface area contributed by atoms with Gasteiger partial charge in [-0.1, -0.05) is 45.0 Å². The largest absolute Gasteiger partial charge is 0.543 e. The van der Waals surface area contributed by atoms with E-state index >= 15 is 0 Å². The maximum Gasteiger partial charge on any atom is 0.255 e. The Labute approximate surface area is 176 Å². The number of carbonyl (C=O) groups is 2. The maximum absolute atomic E-state index is 13.7. The van der Waals surface area contributed by atoms with E-state index in [0.717, 1.165) is 17.1 Å². The minimum absolute atomic E-state index is 0.0174. The number of hydrogen-bond acceptors (Lipinski definition) is 3. The van der Waals surface area contributed by atoms with Crippen LogP contribution in [0.1, 0.15) is 69.2 Å². The summed E-state index contributed by atoms with van der Waals surface area (Å²) >= 11 is 0. The summed E-state index contributed by atoms with van der Waals surface area (Å²) < 4.78 is 6.62. The summed E-state index contributed by atoms with van der Waals surface area (Å²) in [6.07, 6.45) is 0.772. The average Bonchev–Trinajstić information content (AvgIpc) is 2.58. The van der Waals surface area contributed by atoms with Crippen LogP contribution in [0.25, 0.3) is 10.8 Å². The molecule has 0 radical (unpaired) electrons. The predicted molar refractivity (Wildman–Crippen MR) is 124 cm³/mol. The summed E-state index contributed by atoms with van der Waals surface area (Å²) in [7, 11) is -2.13. The number of aldehydes is 1. The van der Waals surface area contributed by atoms with E-state index in [1.54, 1.807) is 6.07 Å². The van der Waals surface area contributed by atoms with Gasteiger partial charge in [0, 0.05) is 23.0 Å². The number of amides is 1. The SMILES string of the molecule is CC(C)N(C(=O)c1c(C=O)ccc2cccc(O[Si](C)(C)C(C)(C)C)c12)C(C)C. The maximum atomic E-state index is 13.7. The van der Waals surface area contributed by atoms with E-state index in [1.807, 2.05) is 56.9 Å². The zero-order chi connectivity index (χ0) is 22.1. The summed E-state index contributed by atoms with van der Waals surface area (Å²) in [5, 5.41) is 1.66. The van der Waals surface area contributed by atoms with Crippen molar-refractivity contribution in [3.8, 4) is 5.75 Å². The first-order valence-corrected chi connectivity index (χ1v) is 13.2. The second-order valence-electron chi connectivity index (χ2n) is 9.76. The molecule has 5 heteroatoms. The number of fused-ring (bicyclic) bond motifs is 1. The molecule has 0 heterocycles. The second kappa shape index (κ2) is 8.31. The van der Waals surface area contributed by atoms with Crippen LogP contribution in [0.5, 0.6) is 5.75 Å². The third-order valence-electron chi connectivity index (χ3n) is 5.90. The van der Waals surface area contributed by atoms with Gasteiger partial charge in [0.05, 0.1) is 5.56 Å². The van der Waals surface area contributed by atoms with Gasteiger partial charge >= 0.3 is 0 Å². The first-order chi connectivity index (χ1) is 13.3. The van der Waals surface area contributed by atoms with Crippen LogP contribution in [0.15, 0.2) is 30.3 Å². The lowest BCUT2D eigenvalue weighted by Gasteiger charge is -2.37. The van der Waals surface area contributed by atoms with E-state index in [2.05, 4.69) is 33.9 Å². The molecule has 0 fully saturated rings. The highest BCUT2D eigenvalue weighted by Gasteiger charge is 2.39. The van der Waals surface area contributed by atoms with Crippen molar-refractivity contribution in [2.24, 2.45) is 0 Å². The van der Waals surface area contributed by atoms with Gasteiger partial charge in [0.2, 0.25) is 0 Å². The first kappa shape index (κ1) is 23.1. The molecule has 0 aliphatic carbocycles. The highest BCUT2D eigenvalue weighted by molar-refractivity contribution is 6.74. The standard InChI is InChI=1S/C24H35NO3Si/c1-16(2)25(17(3)4)23(27)22-19(15-26)14-13-18-11-10-12-20(21(18)22)28-29(8,9)24(5,6)7/h10-17H,1-9H3. The number of benzene rings is 2. The van der Waals surface area contributed by atoms with Crippen molar-refractivity contribution >= 4 is 31.3 Å². The van der Waals surface area contributed by atoms with Gasteiger partial charge in [0.15, 0.2) is 6.29 Å². The Bertz CT molecular complexity index is 902. The molecule has 0 aliphatic rings. The number of hydrogen-bond donors (Lipinski definition) is 0. The Kier molecular flexibility index (Phi) is 6.63. The lowest BCUT2D eigenvalue weighted by molar-refractivity contribution is 0.0643. The Hall–Kier alpha value is -2.14. The molecule has 158 valence electrons. The molecule has 0 N–H and O–H groups in total. The van der Waals surface area contributed by atoms with Crippen LogP contribution in [0.3, 0.4) is 0 Å². The van der Waals surface area contributed by atoms with Gasteiger partial charge in [0.25, 0.3) is 14.2 Å². The molecular formula is C24H35NO3Si. The molecule has 0 spiro atoms. The van der Waals surface area contributed by atoms with Crippen molar-refractivity contribution in [3.05, 3.63) is 41.5 Å². The van der Waals surface area contributed by atoms with Crippen LogP contribution >= 0.6 is 0 Å². The number of nitrogens with zero attached hydrogens (tertiary/aromatic N) is 1. The lowest BCUT2D eigenvalue weighted by Crippen LogP contribution is -2.44. The molecule has 2 aromatic carbocycles. The fourth-order valence-electron chi connectivity index (χ4n) is 3.40. The fraction of sp³-hybridized carbons (Fsp3) is 0.500. The van der Waals surface area contributed by atoms with Crippen LogP contribution in [-0.2, 0) is 0 Å². The van der Waals surface area contributed by atoms with Gasteiger partial charge in [-0.25, -0.2) is 0 Å². The minimum atomic E-state index is -2.13. The molecule has 29 heavy (non-hydrogen) atoms. The summed E-state index contributed by atoms with van der Waals surface area (Å²) in [6, 6.07) is 9.50. The Morgan fingerprint density at radius 2 is 1.62 bits per heavy atom. The molecule has 4 nitrogen and oxygen atoms in total. The average molecular weight is 414 g/mol. The zero-order valence-corrected chi connectivity index (χ0v) is 20.3. The monoisotopic (exact) mass is 413 g/mol. The normalized spacial score (nSPS) is 12.5. The molecule has 0 aliphatic heterocycles. The Balaban J connectivity index is 2.81. The first-order valence-electron chi connectivity index (χ1n) is 10.3. The van der Waals surface area contributed by atoms with Crippen LogP contribution in [0.2, 0.25) is 18.1 Å². The minimum Gasteiger partial charge on any atom is -0.543 e. The molecule has 1 amide bonds. The van der Waals surface area contributed by atoms with Crippen molar-refractivity contribution in [3.63, 3.8) is 0 Å². The van der Waals surface area contributed by atoms with Crippen molar-refractivity contribution in [1.29, 1.82) is 0 Å².